The Hall–Kier alpha value is -0.280. The van der Waals surface area contributed by atoms with Gasteiger partial charge < -0.3 is 10.2 Å². The first-order chi connectivity index (χ1) is 9.47. The van der Waals surface area contributed by atoms with Gasteiger partial charge in [-0.25, -0.2) is 0 Å². The molecule has 2 nitrogen and oxygen atoms in total. The van der Waals surface area contributed by atoms with Crippen LogP contribution in [-0.4, -0.2) is 31.1 Å². The third-order valence-corrected chi connectivity index (χ3v) is 4.87. The minimum atomic E-state index is 0.238. The maximum absolute atomic E-state index is 6.28. The van der Waals surface area contributed by atoms with E-state index in [1.165, 1.54) is 25.9 Å². The Morgan fingerprint density at radius 2 is 2.05 bits per heavy atom. The maximum Gasteiger partial charge on any atom is 0.0468 e. The maximum atomic E-state index is 6.28. The highest BCUT2D eigenvalue weighted by Crippen LogP contribution is 2.27. The zero-order chi connectivity index (χ0) is 14.7. The van der Waals surface area contributed by atoms with Gasteiger partial charge in [0.25, 0.3) is 0 Å². The molecule has 1 heterocycles. The van der Waals surface area contributed by atoms with Gasteiger partial charge in [-0.2, -0.15) is 0 Å². The van der Waals surface area contributed by atoms with Crippen molar-refractivity contribution in [3.05, 3.63) is 33.8 Å². The Labute approximate surface area is 132 Å². The summed E-state index contributed by atoms with van der Waals surface area (Å²) in [5.74, 6) is 0.710. The Bertz CT molecular complexity index is 450. The lowest BCUT2D eigenvalue weighted by atomic mass is 9.91. The molecule has 1 saturated heterocycles. The van der Waals surface area contributed by atoms with Crippen molar-refractivity contribution in [1.82, 2.24) is 10.2 Å². The molecule has 4 heteroatoms. The molecule has 1 aliphatic heterocycles. The summed E-state index contributed by atoms with van der Waals surface area (Å²) in [5, 5.41) is 5.12. The van der Waals surface area contributed by atoms with E-state index in [0.717, 1.165) is 10.6 Å². The fourth-order valence-electron chi connectivity index (χ4n) is 3.09. The van der Waals surface area contributed by atoms with Crippen LogP contribution >= 0.6 is 23.2 Å². The summed E-state index contributed by atoms with van der Waals surface area (Å²) >= 11 is 12.2. The first-order valence-electron chi connectivity index (χ1n) is 7.37. The lowest BCUT2D eigenvalue weighted by Crippen LogP contribution is -2.43. The van der Waals surface area contributed by atoms with E-state index in [-0.39, 0.29) is 6.04 Å². The highest BCUT2D eigenvalue weighted by molar-refractivity contribution is 6.35. The highest BCUT2D eigenvalue weighted by Gasteiger charge is 2.24. The molecule has 20 heavy (non-hydrogen) atoms. The van der Waals surface area contributed by atoms with Crippen LogP contribution in [0, 0.1) is 5.92 Å². The van der Waals surface area contributed by atoms with Crippen molar-refractivity contribution in [1.29, 1.82) is 0 Å². The van der Waals surface area contributed by atoms with E-state index < -0.39 is 0 Å². The van der Waals surface area contributed by atoms with Crippen molar-refractivity contribution in [3.63, 3.8) is 0 Å². The van der Waals surface area contributed by atoms with Crippen LogP contribution in [0.2, 0.25) is 10.0 Å². The fraction of sp³-hybridized carbons (Fsp3) is 0.625. The minimum absolute atomic E-state index is 0.238. The molecule has 0 aromatic heterocycles. The molecule has 1 aromatic carbocycles. The summed E-state index contributed by atoms with van der Waals surface area (Å²) in [5.41, 5.74) is 1.12. The molecular formula is C16H24Cl2N2. The molecule has 0 saturated carbocycles. The summed E-state index contributed by atoms with van der Waals surface area (Å²) in [6, 6.07) is 6.46. The molecule has 0 bridgehead atoms. The second-order valence-corrected chi connectivity index (χ2v) is 6.85. The van der Waals surface area contributed by atoms with Gasteiger partial charge in [-0.05, 0) is 63.9 Å². The first kappa shape index (κ1) is 16.1. The third-order valence-electron chi connectivity index (χ3n) is 4.31. The molecule has 3 unspecified atom stereocenters. The standard InChI is InChI=1S/C16H24Cl2N2/c1-11(13-5-4-8-20(3)10-13)19-12(2)15-7-6-14(17)9-16(15)18/h6-7,9,11-13,19H,4-5,8,10H2,1-3H3. The molecule has 1 aliphatic rings. The number of nitrogens with zero attached hydrogens (tertiary/aromatic N) is 1. The second kappa shape index (κ2) is 7.13. The quantitative estimate of drug-likeness (QED) is 0.887. The summed E-state index contributed by atoms with van der Waals surface area (Å²) in [6.07, 6.45) is 2.60. The monoisotopic (exact) mass is 314 g/mol. The average Bonchev–Trinajstić information content (AvgIpc) is 2.38. The van der Waals surface area contributed by atoms with Crippen molar-refractivity contribution >= 4 is 23.2 Å². The van der Waals surface area contributed by atoms with Crippen LogP contribution < -0.4 is 5.32 Å². The summed E-state index contributed by atoms with van der Waals surface area (Å²) in [7, 11) is 2.21. The van der Waals surface area contributed by atoms with E-state index in [0.29, 0.717) is 17.0 Å². The van der Waals surface area contributed by atoms with Crippen LogP contribution in [0.25, 0.3) is 0 Å². The van der Waals surface area contributed by atoms with Crippen LogP contribution in [0.5, 0.6) is 0 Å². The molecule has 0 aliphatic carbocycles. The zero-order valence-corrected chi connectivity index (χ0v) is 14.0. The van der Waals surface area contributed by atoms with E-state index in [4.69, 9.17) is 23.2 Å². The van der Waals surface area contributed by atoms with E-state index in [9.17, 15) is 0 Å². The first-order valence-corrected chi connectivity index (χ1v) is 8.12. The van der Waals surface area contributed by atoms with Crippen LogP contribution in [0.15, 0.2) is 18.2 Å². The minimum Gasteiger partial charge on any atom is -0.307 e. The molecule has 0 spiro atoms. The van der Waals surface area contributed by atoms with E-state index in [1.807, 2.05) is 18.2 Å². The van der Waals surface area contributed by atoms with Gasteiger partial charge in [-0.3, -0.25) is 0 Å². The topological polar surface area (TPSA) is 15.3 Å². The van der Waals surface area contributed by atoms with E-state index >= 15 is 0 Å². The molecule has 1 fully saturated rings. The molecule has 1 N–H and O–H groups in total. The number of halogens is 2. The number of likely N-dealkylation sites (tertiary alicyclic amines) is 1. The highest BCUT2D eigenvalue weighted by atomic mass is 35.5. The lowest BCUT2D eigenvalue weighted by Gasteiger charge is -2.35. The Morgan fingerprint density at radius 1 is 1.30 bits per heavy atom. The number of rotatable bonds is 4. The molecule has 1 aromatic rings. The van der Waals surface area contributed by atoms with Crippen LogP contribution in [0.4, 0.5) is 0 Å². The predicted molar refractivity (Wildman–Crippen MR) is 87.7 cm³/mol. The van der Waals surface area contributed by atoms with Crippen LogP contribution in [0.1, 0.15) is 38.3 Å². The number of hydrogen-bond donors (Lipinski definition) is 1. The van der Waals surface area contributed by atoms with Gasteiger partial charge >= 0.3 is 0 Å². The Kier molecular flexibility index (Phi) is 5.74. The number of nitrogens with one attached hydrogen (secondary N) is 1. The Morgan fingerprint density at radius 3 is 2.70 bits per heavy atom. The summed E-state index contributed by atoms with van der Waals surface area (Å²) in [4.78, 5) is 2.42. The fourth-order valence-corrected chi connectivity index (χ4v) is 3.66. The largest absolute Gasteiger partial charge is 0.307 e. The Balaban J connectivity index is 1.97. The molecule has 0 amide bonds. The number of hydrogen-bond acceptors (Lipinski definition) is 2. The second-order valence-electron chi connectivity index (χ2n) is 6.01. The third kappa shape index (κ3) is 4.11. The van der Waals surface area contributed by atoms with Crippen molar-refractivity contribution < 1.29 is 0 Å². The van der Waals surface area contributed by atoms with Crippen molar-refractivity contribution in [3.8, 4) is 0 Å². The van der Waals surface area contributed by atoms with Gasteiger partial charge in [0.2, 0.25) is 0 Å². The van der Waals surface area contributed by atoms with Crippen molar-refractivity contribution in [2.24, 2.45) is 5.92 Å². The van der Waals surface area contributed by atoms with Crippen LogP contribution in [0.3, 0.4) is 0 Å². The van der Waals surface area contributed by atoms with Gasteiger partial charge in [0.1, 0.15) is 0 Å². The van der Waals surface area contributed by atoms with Crippen LogP contribution in [-0.2, 0) is 0 Å². The summed E-state index contributed by atoms with van der Waals surface area (Å²) < 4.78 is 0. The molecule has 112 valence electrons. The SMILES string of the molecule is CC(NC(C)C1CCCN(C)C1)c1ccc(Cl)cc1Cl. The zero-order valence-electron chi connectivity index (χ0n) is 12.5. The molecule has 2 rings (SSSR count). The number of piperidine rings is 1. The van der Waals surface area contributed by atoms with Gasteiger partial charge in [0.05, 0.1) is 0 Å². The lowest BCUT2D eigenvalue weighted by molar-refractivity contribution is 0.174. The van der Waals surface area contributed by atoms with Crippen molar-refractivity contribution in [2.75, 3.05) is 20.1 Å². The van der Waals surface area contributed by atoms with Crippen molar-refractivity contribution in [2.45, 2.75) is 38.8 Å². The van der Waals surface area contributed by atoms with Gasteiger partial charge in [0, 0.05) is 28.7 Å². The molecule has 3 atom stereocenters. The molecular weight excluding hydrogens is 291 g/mol. The summed E-state index contributed by atoms with van der Waals surface area (Å²) in [6.45, 7) is 6.85. The van der Waals surface area contributed by atoms with E-state index in [2.05, 4.69) is 31.1 Å². The predicted octanol–water partition coefficient (Wildman–Crippen LogP) is 4.37. The average molecular weight is 315 g/mol. The van der Waals surface area contributed by atoms with Gasteiger partial charge in [0.15, 0.2) is 0 Å². The molecule has 0 radical (unpaired) electrons. The normalized spacial score (nSPS) is 23.6. The smallest absolute Gasteiger partial charge is 0.0468 e. The van der Waals surface area contributed by atoms with Gasteiger partial charge in [-0.1, -0.05) is 29.3 Å². The van der Waals surface area contributed by atoms with E-state index in [1.54, 1.807) is 0 Å². The number of benzene rings is 1. The van der Waals surface area contributed by atoms with Gasteiger partial charge in [-0.15, -0.1) is 0 Å².